The largest absolute Gasteiger partial charge is 0.369 e. The second kappa shape index (κ2) is 3.79. The molecular weight excluding hydrogens is 232 g/mol. The van der Waals surface area contributed by atoms with E-state index in [0.717, 1.165) is 15.8 Å². The minimum Gasteiger partial charge on any atom is -0.369 e. The van der Waals surface area contributed by atoms with Gasteiger partial charge in [-0.05, 0) is 30.6 Å². The van der Waals surface area contributed by atoms with Crippen LogP contribution in [-0.4, -0.2) is 10.3 Å². The third-order valence-electron chi connectivity index (χ3n) is 2.30. The minimum atomic E-state index is -0.364. The summed E-state index contributed by atoms with van der Waals surface area (Å²) < 4.78 is 5.22. The fraction of sp³-hybridized carbons (Fsp3) is 0.200. The van der Waals surface area contributed by atoms with Crippen molar-refractivity contribution in [2.45, 2.75) is 12.8 Å². The van der Waals surface area contributed by atoms with Crippen molar-refractivity contribution in [2.24, 2.45) is 5.73 Å². The molecule has 0 bridgehead atoms. The van der Waals surface area contributed by atoms with E-state index in [0.29, 0.717) is 5.02 Å². The molecule has 0 spiro atoms. The highest BCUT2D eigenvalue weighted by Gasteiger charge is 2.17. The van der Waals surface area contributed by atoms with Crippen LogP contribution in [0, 0.1) is 0 Å². The van der Waals surface area contributed by atoms with Crippen molar-refractivity contribution in [3.05, 3.63) is 28.9 Å². The van der Waals surface area contributed by atoms with E-state index in [1.807, 2.05) is 12.1 Å². The first-order valence-electron chi connectivity index (χ1n) is 4.43. The number of primary amides is 1. The maximum Gasteiger partial charge on any atom is 0.226 e. The van der Waals surface area contributed by atoms with Gasteiger partial charge < -0.3 is 5.73 Å². The van der Waals surface area contributed by atoms with Gasteiger partial charge in [0.1, 0.15) is 0 Å². The molecule has 0 saturated carbocycles. The monoisotopic (exact) mass is 240 g/mol. The van der Waals surface area contributed by atoms with E-state index >= 15 is 0 Å². The average Bonchev–Trinajstić information content (AvgIpc) is 2.59. The van der Waals surface area contributed by atoms with Crippen molar-refractivity contribution in [1.29, 1.82) is 0 Å². The molecule has 2 N–H and O–H groups in total. The summed E-state index contributed by atoms with van der Waals surface area (Å²) in [6.45, 7) is 1.76. The highest BCUT2D eigenvalue weighted by Crippen LogP contribution is 2.29. The van der Waals surface area contributed by atoms with E-state index in [1.165, 1.54) is 11.5 Å². The second-order valence-corrected chi connectivity index (χ2v) is 4.57. The van der Waals surface area contributed by atoms with Crippen molar-refractivity contribution in [2.75, 3.05) is 0 Å². The third kappa shape index (κ3) is 1.82. The number of aromatic nitrogens is 1. The molecule has 1 aromatic heterocycles. The Hall–Kier alpha value is -1.13. The predicted octanol–water partition coefficient (Wildman–Crippen LogP) is 2.54. The predicted molar refractivity (Wildman–Crippen MR) is 62.2 cm³/mol. The summed E-state index contributed by atoms with van der Waals surface area (Å²) in [4.78, 5) is 11.1. The number of nitrogens with zero attached hydrogens (tertiary/aromatic N) is 1. The van der Waals surface area contributed by atoms with Gasteiger partial charge in [0.2, 0.25) is 5.91 Å². The molecule has 2 aromatic rings. The van der Waals surface area contributed by atoms with Crippen LogP contribution >= 0.6 is 23.1 Å². The lowest BCUT2D eigenvalue weighted by atomic mass is 10.0. The topological polar surface area (TPSA) is 56.0 Å². The maximum absolute atomic E-state index is 11.1. The number of hydrogen-bond donors (Lipinski definition) is 1. The van der Waals surface area contributed by atoms with Gasteiger partial charge in [-0.15, -0.1) is 0 Å². The van der Waals surface area contributed by atoms with Crippen molar-refractivity contribution < 1.29 is 4.79 Å². The standard InChI is InChI=1S/C10H9ClN2OS/c1-5(10(12)14)9-7-3-2-6(11)4-8(7)15-13-9/h2-5H,1H3,(H2,12,14). The van der Waals surface area contributed by atoms with E-state index < -0.39 is 0 Å². The molecule has 1 heterocycles. The van der Waals surface area contributed by atoms with Crippen molar-refractivity contribution in [3.63, 3.8) is 0 Å². The molecule has 1 unspecified atom stereocenters. The number of nitrogens with two attached hydrogens (primary N) is 1. The number of rotatable bonds is 2. The van der Waals surface area contributed by atoms with Gasteiger partial charge >= 0.3 is 0 Å². The van der Waals surface area contributed by atoms with Crippen LogP contribution in [0.3, 0.4) is 0 Å². The van der Waals surface area contributed by atoms with Crippen LogP contribution in [-0.2, 0) is 4.79 Å². The molecular formula is C10H9ClN2OS. The summed E-state index contributed by atoms with van der Waals surface area (Å²) in [6.07, 6.45) is 0. The Balaban J connectivity index is 2.59. The Bertz CT molecular complexity index is 523. The molecule has 3 nitrogen and oxygen atoms in total. The van der Waals surface area contributed by atoms with Crippen LogP contribution in [0.5, 0.6) is 0 Å². The minimum absolute atomic E-state index is 0.361. The molecule has 1 amide bonds. The van der Waals surface area contributed by atoms with Crippen LogP contribution in [0.4, 0.5) is 0 Å². The van der Waals surface area contributed by atoms with E-state index in [9.17, 15) is 4.79 Å². The normalized spacial score (nSPS) is 12.9. The molecule has 15 heavy (non-hydrogen) atoms. The summed E-state index contributed by atoms with van der Waals surface area (Å²) in [7, 11) is 0. The highest BCUT2D eigenvalue weighted by molar-refractivity contribution is 7.13. The van der Waals surface area contributed by atoms with E-state index in [1.54, 1.807) is 13.0 Å². The SMILES string of the molecule is CC(C(N)=O)c1nsc2cc(Cl)ccc12. The van der Waals surface area contributed by atoms with E-state index in [4.69, 9.17) is 17.3 Å². The molecule has 0 fully saturated rings. The fourth-order valence-corrected chi connectivity index (χ4v) is 2.52. The summed E-state index contributed by atoms with van der Waals surface area (Å²) in [5, 5.41) is 1.63. The number of amides is 1. The first-order valence-corrected chi connectivity index (χ1v) is 5.59. The first-order chi connectivity index (χ1) is 7.09. The quantitative estimate of drug-likeness (QED) is 0.877. The number of carbonyl (C=O) groups excluding carboxylic acids is 1. The molecule has 0 aliphatic rings. The zero-order valence-electron chi connectivity index (χ0n) is 8.03. The summed E-state index contributed by atoms with van der Waals surface area (Å²) in [6, 6.07) is 5.50. The molecule has 0 saturated heterocycles. The van der Waals surface area contributed by atoms with Crippen molar-refractivity contribution in [3.8, 4) is 0 Å². The van der Waals surface area contributed by atoms with Gasteiger partial charge in [-0.2, -0.15) is 4.37 Å². The van der Waals surface area contributed by atoms with Crippen LogP contribution in [0.1, 0.15) is 18.5 Å². The number of fused-ring (bicyclic) bond motifs is 1. The van der Waals surface area contributed by atoms with Crippen molar-refractivity contribution >= 4 is 39.1 Å². The molecule has 0 aliphatic carbocycles. The lowest BCUT2D eigenvalue weighted by molar-refractivity contribution is -0.119. The van der Waals surface area contributed by atoms with Gasteiger partial charge in [-0.1, -0.05) is 17.7 Å². The first kappa shape index (κ1) is 10.4. The Morgan fingerprint density at radius 3 is 3.00 bits per heavy atom. The number of hydrogen-bond acceptors (Lipinski definition) is 3. The van der Waals surface area contributed by atoms with Crippen molar-refractivity contribution in [1.82, 2.24) is 4.37 Å². The third-order valence-corrected chi connectivity index (χ3v) is 3.36. The molecule has 0 radical (unpaired) electrons. The molecule has 5 heteroatoms. The second-order valence-electron chi connectivity index (χ2n) is 3.33. The molecule has 2 rings (SSSR count). The zero-order chi connectivity index (χ0) is 11.0. The molecule has 1 atom stereocenters. The highest BCUT2D eigenvalue weighted by atomic mass is 35.5. The number of halogens is 1. The van der Waals surface area contributed by atoms with Gasteiger partial charge in [0.25, 0.3) is 0 Å². The van der Waals surface area contributed by atoms with Gasteiger partial charge in [0, 0.05) is 10.4 Å². The lowest BCUT2D eigenvalue weighted by Crippen LogP contribution is -2.19. The van der Waals surface area contributed by atoms with E-state index in [-0.39, 0.29) is 11.8 Å². The molecule has 1 aromatic carbocycles. The Morgan fingerprint density at radius 1 is 1.60 bits per heavy atom. The maximum atomic E-state index is 11.1. The Labute approximate surface area is 96.0 Å². The van der Waals surface area contributed by atoms with Gasteiger partial charge in [-0.3, -0.25) is 4.79 Å². The van der Waals surface area contributed by atoms with Crippen LogP contribution in [0.2, 0.25) is 5.02 Å². The number of benzene rings is 1. The van der Waals surface area contributed by atoms with Gasteiger partial charge in [0.05, 0.1) is 16.3 Å². The van der Waals surface area contributed by atoms with Gasteiger partial charge in [-0.25, -0.2) is 0 Å². The van der Waals surface area contributed by atoms with E-state index in [2.05, 4.69) is 4.37 Å². The fourth-order valence-electron chi connectivity index (χ4n) is 1.38. The van der Waals surface area contributed by atoms with Crippen LogP contribution < -0.4 is 5.73 Å². The van der Waals surface area contributed by atoms with Crippen LogP contribution in [0.15, 0.2) is 18.2 Å². The smallest absolute Gasteiger partial charge is 0.226 e. The zero-order valence-corrected chi connectivity index (χ0v) is 9.60. The summed E-state index contributed by atoms with van der Waals surface area (Å²) >= 11 is 7.19. The summed E-state index contributed by atoms with van der Waals surface area (Å²) in [5.74, 6) is -0.725. The Morgan fingerprint density at radius 2 is 2.33 bits per heavy atom. The van der Waals surface area contributed by atoms with Crippen LogP contribution in [0.25, 0.3) is 10.1 Å². The van der Waals surface area contributed by atoms with Gasteiger partial charge in [0.15, 0.2) is 0 Å². The molecule has 0 aliphatic heterocycles. The summed E-state index contributed by atoms with van der Waals surface area (Å²) in [5.41, 5.74) is 5.98. The Kier molecular flexibility index (Phi) is 2.63. The lowest BCUT2D eigenvalue weighted by Gasteiger charge is -2.03. The average molecular weight is 241 g/mol. The molecule has 78 valence electrons. The number of carbonyl (C=O) groups is 1.